The molecule has 0 aliphatic rings. The molecule has 23 heavy (non-hydrogen) atoms. The van der Waals surface area contributed by atoms with E-state index >= 15 is 0 Å². The number of rotatable bonds is 11. The fourth-order valence-electron chi connectivity index (χ4n) is 2.71. The third-order valence-electron chi connectivity index (χ3n) is 4.35. The van der Waals surface area contributed by atoms with E-state index in [1.54, 1.807) is 6.07 Å². The van der Waals surface area contributed by atoms with E-state index in [2.05, 4.69) is 43.1 Å². The maximum absolute atomic E-state index is 12.2. The molecular formula is C18H33N3O2. The Morgan fingerprint density at radius 2 is 1.91 bits per heavy atom. The molecule has 132 valence electrons. The number of hydrogen-bond donors (Lipinski definition) is 1. The second kappa shape index (κ2) is 9.71. The minimum atomic E-state index is -0.148. The van der Waals surface area contributed by atoms with E-state index in [0.717, 1.165) is 51.1 Å². The summed E-state index contributed by atoms with van der Waals surface area (Å²) in [4.78, 5) is 14.7. The van der Waals surface area contributed by atoms with Crippen molar-refractivity contribution in [2.75, 3.05) is 26.2 Å². The Bertz CT molecular complexity index is 467. The second-order valence-corrected chi connectivity index (χ2v) is 6.66. The highest BCUT2D eigenvalue weighted by atomic mass is 16.5. The van der Waals surface area contributed by atoms with Crippen LogP contribution in [0.4, 0.5) is 0 Å². The van der Waals surface area contributed by atoms with E-state index in [1.807, 2.05) is 6.92 Å². The van der Waals surface area contributed by atoms with Crippen molar-refractivity contribution < 1.29 is 9.32 Å². The number of aromatic nitrogens is 1. The monoisotopic (exact) mass is 323 g/mol. The summed E-state index contributed by atoms with van der Waals surface area (Å²) in [6, 6.07) is 1.72. The van der Waals surface area contributed by atoms with Gasteiger partial charge >= 0.3 is 0 Å². The second-order valence-electron chi connectivity index (χ2n) is 6.66. The number of nitrogens with one attached hydrogen (secondary N) is 1. The predicted octanol–water partition coefficient (Wildman–Crippen LogP) is 3.51. The SMILES string of the molecule is CCCN(CCC)CC(C)(CC)CNC(=O)c1cc(CC)on1. The van der Waals surface area contributed by atoms with Crippen molar-refractivity contribution in [3.05, 3.63) is 17.5 Å². The van der Waals surface area contributed by atoms with Crippen LogP contribution in [0.5, 0.6) is 0 Å². The Kier molecular flexibility index (Phi) is 8.31. The van der Waals surface area contributed by atoms with Crippen molar-refractivity contribution in [3.63, 3.8) is 0 Å². The normalized spacial score (nSPS) is 14.0. The zero-order chi connectivity index (χ0) is 17.3. The van der Waals surface area contributed by atoms with E-state index in [-0.39, 0.29) is 11.3 Å². The van der Waals surface area contributed by atoms with Gasteiger partial charge in [0.1, 0.15) is 5.76 Å². The summed E-state index contributed by atoms with van der Waals surface area (Å²) >= 11 is 0. The fraction of sp³-hybridized carbons (Fsp3) is 0.778. The topological polar surface area (TPSA) is 58.4 Å². The summed E-state index contributed by atoms with van der Waals surface area (Å²) in [5.41, 5.74) is 0.441. The van der Waals surface area contributed by atoms with E-state index in [0.29, 0.717) is 12.2 Å². The van der Waals surface area contributed by atoms with Gasteiger partial charge in [0.15, 0.2) is 5.69 Å². The quantitative estimate of drug-likeness (QED) is 0.677. The minimum Gasteiger partial charge on any atom is -0.361 e. The summed E-state index contributed by atoms with van der Waals surface area (Å²) in [5, 5.41) is 6.87. The first-order chi connectivity index (χ1) is 11.0. The van der Waals surface area contributed by atoms with Gasteiger partial charge in [0.2, 0.25) is 0 Å². The van der Waals surface area contributed by atoms with Crippen LogP contribution in [-0.2, 0) is 6.42 Å². The zero-order valence-corrected chi connectivity index (χ0v) is 15.4. The molecule has 0 aliphatic carbocycles. The Hall–Kier alpha value is -1.36. The molecule has 0 bridgehead atoms. The Balaban J connectivity index is 2.60. The van der Waals surface area contributed by atoms with Crippen molar-refractivity contribution >= 4 is 5.91 Å². The molecule has 1 heterocycles. The maximum atomic E-state index is 12.2. The molecule has 5 heteroatoms. The maximum Gasteiger partial charge on any atom is 0.273 e. The lowest BCUT2D eigenvalue weighted by molar-refractivity contribution is 0.0900. The van der Waals surface area contributed by atoms with Crippen LogP contribution in [0.3, 0.4) is 0 Å². The lowest BCUT2D eigenvalue weighted by Crippen LogP contribution is -2.44. The number of amides is 1. The van der Waals surface area contributed by atoms with Gasteiger partial charge in [-0.15, -0.1) is 0 Å². The molecule has 1 unspecified atom stereocenters. The molecule has 0 aliphatic heterocycles. The first kappa shape index (κ1) is 19.7. The van der Waals surface area contributed by atoms with Gasteiger partial charge in [-0.1, -0.05) is 39.8 Å². The molecule has 5 nitrogen and oxygen atoms in total. The molecule has 0 aromatic carbocycles. The molecule has 0 spiro atoms. The van der Waals surface area contributed by atoms with Gasteiger partial charge in [-0.05, 0) is 37.8 Å². The third-order valence-corrected chi connectivity index (χ3v) is 4.35. The first-order valence-corrected chi connectivity index (χ1v) is 8.94. The number of hydrogen-bond acceptors (Lipinski definition) is 4. The fourth-order valence-corrected chi connectivity index (χ4v) is 2.71. The average Bonchev–Trinajstić information content (AvgIpc) is 3.02. The van der Waals surface area contributed by atoms with Crippen LogP contribution in [0.1, 0.15) is 70.1 Å². The van der Waals surface area contributed by atoms with Crippen LogP contribution in [0, 0.1) is 5.41 Å². The molecular weight excluding hydrogens is 290 g/mol. The Labute approximate surface area is 140 Å². The van der Waals surface area contributed by atoms with E-state index in [1.165, 1.54) is 0 Å². The van der Waals surface area contributed by atoms with Crippen molar-refractivity contribution in [1.29, 1.82) is 0 Å². The summed E-state index contributed by atoms with van der Waals surface area (Å²) in [6.45, 7) is 14.7. The highest BCUT2D eigenvalue weighted by molar-refractivity contribution is 5.92. The standard InChI is InChI=1S/C18H33N3O2/c1-6-10-21(11-7-2)14-18(5,9-4)13-19-17(22)16-12-15(8-3)23-20-16/h12H,6-11,13-14H2,1-5H3,(H,19,22). The highest BCUT2D eigenvalue weighted by Crippen LogP contribution is 2.22. The van der Waals surface area contributed by atoms with Crippen molar-refractivity contribution in [3.8, 4) is 0 Å². The van der Waals surface area contributed by atoms with Crippen LogP contribution < -0.4 is 5.32 Å². The number of nitrogens with zero attached hydrogens (tertiary/aromatic N) is 2. The molecule has 1 aromatic rings. The van der Waals surface area contributed by atoms with E-state index in [9.17, 15) is 4.79 Å². The minimum absolute atomic E-state index is 0.0668. The largest absolute Gasteiger partial charge is 0.361 e. The van der Waals surface area contributed by atoms with Crippen molar-refractivity contribution in [2.24, 2.45) is 5.41 Å². The van der Waals surface area contributed by atoms with Crippen molar-refractivity contribution in [2.45, 2.75) is 60.3 Å². The molecule has 0 saturated carbocycles. The van der Waals surface area contributed by atoms with Crippen molar-refractivity contribution in [1.82, 2.24) is 15.4 Å². The Morgan fingerprint density at radius 3 is 2.39 bits per heavy atom. The molecule has 1 atom stereocenters. The lowest BCUT2D eigenvalue weighted by Gasteiger charge is -2.35. The van der Waals surface area contributed by atoms with Gasteiger partial charge in [-0.2, -0.15) is 0 Å². The molecule has 1 amide bonds. The van der Waals surface area contributed by atoms with Crippen LogP contribution in [-0.4, -0.2) is 42.1 Å². The molecule has 0 fully saturated rings. The van der Waals surface area contributed by atoms with Gasteiger partial charge in [0.05, 0.1) is 0 Å². The van der Waals surface area contributed by atoms with Gasteiger partial charge in [0, 0.05) is 25.6 Å². The van der Waals surface area contributed by atoms with E-state index in [4.69, 9.17) is 4.52 Å². The molecule has 0 saturated heterocycles. The zero-order valence-electron chi connectivity index (χ0n) is 15.4. The summed E-state index contributed by atoms with van der Waals surface area (Å²) in [6.07, 6.45) is 4.09. The van der Waals surface area contributed by atoms with Crippen LogP contribution in [0.2, 0.25) is 0 Å². The number of carbonyl (C=O) groups is 1. The summed E-state index contributed by atoms with van der Waals surface area (Å²) in [5.74, 6) is 0.594. The smallest absolute Gasteiger partial charge is 0.273 e. The molecule has 0 radical (unpaired) electrons. The van der Waals surface area contributed by atoms with Crippen LogP contribution in [0.15, 0.2) is 10.6 Å². The third kappa shape index (κ3) is 6.34. The van der Waals surface area contributed by atoms with Gasteiger partial charge in [0.25, 0.3) is 5.91 Å². The molecule has 1 N–H and O–H groups in total. The lowest BCUT2D eigenvalue weighted by atomic mass is 9.86. The number of carbonyl (C=O) groups excluding carboxylic acids is 1. The van der Waals surface area contributed by atoms with Crippen LogP contribution >= 0.6 is 0 Å². The van der Waals surface area contributed by atoms with E-state index < -0.39 is 0 Å². The number of aryl methyl sites for hydroxylation is 1. The molecule has 1 rings (SSSR count). The molecule has 1 aromatic heterocycles. The predicted molar refractivity (Wildman–Crippen MR) is 93.6 cm³/mol. The van der Waals surface area contributed by atoms with Gasteiger partial charge in [-0.25, -0.2) is 0 Å². The first-order valence-electron chi connectivity index (χ1n) is 8.94. The summed E-state index contributed by atoms with van der Waals surface area (Å²) in [7, 11) is 0. The highest BCUT2D eigenvalue weighted by Gasteiger charge is 2.26. The summed E-state index contributed by atoms with van der Waals surface area (Å²) < 4.78 is 5.10. The average molecular weight is 323 g/mol. The van der Waals surface area contributed by atoms with Gasteiger partial charge in [-0.3, -0.25) is 4.79 Å². The Morgan fingerprint density at radius 1 is 1.26 bits per heavy atom. The van der Waals surface area contributed by atoms with Gasteiger partial charge < -0.3 is 14.7 Å². The van der Waals surface area contributed by atoms with Crippen LogP contribution in [0.25, 0.3) is 0 Å².